The van der Waals surface area contributed by atoms with Gasteiger partial charge in [0.1, 0.15) is 5.82 Å². The lowest BCUT2D eigenvalue weighted by molar-refractivity contribution is 0.698. The molecule has 1 aromatic carbocycles. The van der Waals surface area contributed by atoms with E-state index >= 15 is 0 Å². The fraction of sp³-hybridized carbons (Fsp3) is 0.474. The Balaban J connectivity index is 1.68. The third-order valence-corrected chi connectivity index (χ3v) is 4.93. The molecule has 0 radical (unpaired) electrons. The summed E-state index contributed by atoms with van der Waals surface area (Å²) in [6.07, 6.45) is 3.04. The summed E-state index contributed by atoms with van der Waals surface area (Å²) in [6.45, 7) is 6.90. The number of rotatable bonds is 3. The summed E-state index contributed by atoms with van der Waals surface area (Å²) in [4.78, 5) is 12.2. The molecular formula is C19H25N5. The Hall–Kier alpha value is -2.14. The van der Waals surface area contributed by atoms with Gasteiger partial charge in [0.2, 0.25) is 5.95 Å². The van der Waals surface area contributed by atoms with Crippen molar-refractivity contribution >= 4 is 11.8 Å². The molecule has 0 fully saturated rings. The Morgan fingerprint density at radius 1 is 1.08 bits per heavy atom. The van der Waals surface area contributed by atoms with E-state index < -0.39 is 0 Å². The van der Waals surface area contributed by atoms with Crippen molar-refractivity contribution in [1.82, 2.24) is 15.3 Å². The molecule has 0 aliphatic carbocycles. The van der Waals surface area contributed by atoms with Crippen LogP contribution >= 0.6 is 0 Å². The van der Waals surface area contributed by atoms with Gasteiger partial charge in [0.25, 0.3) is 0 Å². The normalized spacial score (nSPS) is 17.0. The Labute approximate surface area is 143 Å². The van der Waals surface area contributed by atoms with E-state index in [9.17, 15) is 0 Å². The number of aromatic nitrogens is 2. The fourth-order valence-electron chi connectivity index (χ4n) is 3.65. The summed E-state index contributed by atoms with van der Waals surface area (Å²) in [5.41, 5.74) is 5.36. The number of nitrogens with zero attached hydrogens (tertiary/aromatic N) is 3. The van der Waals surface area contributed by atoms with Crippen molar-refractivity contribution in [3.05, 3.63) is 46.6 Å². The third-order valence-electron chi connectivity index (χ3n) is 4.93. The first-order valence-corrected chi connectivity index (χ1v) is 9.01. The van der Waals surface area contributed by atoms with Crippen molar-refractivity contribution in [3.8, 4) is 0 Å². The van der Waals surface area contributed by atoms with Crippen LogP contribution in [0.15, 0.2) is 24.3 Å². The lowest BCUT2D eigenvalue weighted by Gasteiger charge is -2.29. The zero-order valence-electron chi connectivity index (χ0n) is 14.3. The second-order valence-electron chi connectivity index (χ2n) is 6.52. The van der Waals surface area contributed by atoms with Crippen LogP contribution in [0.3, 0.4) is 0 Å². The molecule has 0 saturated heterocycles. The number of hydrogen-bond donors (Lipinski definition) is 2. The van der Waals surface area contributed by atoms with E-state index in [0.717, 1.165) is 63.8 Å². The molecule has 0 unspecified atom stereocenters. The largest absolute Gasteiger partial charge is 0.370 e. The van der Waals surface area contributed by atoms with Crippen LogP contribution in [0.2, 0.25) is 0 Å². The predicted molar refractivity (Wildman–Crippen MR) is 97.7 cm³/mol. The Morgan fingerprint density at radius 3 is 2.79 bits per heavy atom. The molecule has 0 bridgehead atoms. The molecule has 0 atom stereocenters. The zero-order chi connectivity index (χ0) is 16.4. The SMILES string of the molecule is CCNc1nc(N2CCc3ccccc3C2)nc2c1CCNCC2. The molecule has 0 spiro atoms. The Bertz CT molecular complexity index is 728. The van der Waals surface area contributed by atoms with E-state index in [-0.39, 0.29) is 0 Å². The maximum atomic E-state index is 4.95. The maximum absolute atomic E-state index is 4.95. The van der Waals surface area contributed by atoms with Gasteiger partial charge in [0.15, 0.2) is 0 Å². The molecule has 24 heavy (non-hydrogen) atoms. The van der Waals surface area contributed by atoms with Gasteiger partial charge in [-0.2, -0.15) is 4.98 Å². The highest BCUT2D eigenvalue weighted by Gasteiger charge is 2.22. The molecule has 5 nitrogen and oxygen atoms in total. The van der Waals surface area contributed by atoms with Gasteiger partial charge in [-0.1, -0.05) is 24.3 Å². The van der Waals surface area contributed by atoms with Crippen molar-refractivity contribution in [1.29, 1.82) is 0 Å². The van der Waals surface area contributed by atoms with Crippen molar-refractivity contribution in [3.63, 3.8) is 0 Å². The molecular weight excluding hydrogens is 298 g/mol. The van der Waals surface area contributed by atoms with Gasteiger partial charge in [-0.05, 0) is 37.4 Å². The van der Waals surface area contributed by atoms with Crippen LogP contribution in [0, 0.1) is 0 Å². The monoisotopic (exact) mass is 323 g/mol. The van der Waals surface area contributed by atoms with Crippen molar-refractivity contribution in [2.75, 3.05) is 36.4 Å². The van der Waals surface area contributed by atoms with Gasteiger partial charge in [0.05, 0.1) is 5.69 Å². The fourth-order valence-corrected chi connectivity index (χ4v) is 3.65. The summed E-state index contributed by atoms with van der Waals surface area (Å²) in [7, 11) is 0. The second-order valence-corrected chi connectivity index (χ2v) is 6.52. The average Bonchev–Trinajstić information content (AvgIpc) is 2.87. The van der Waals surface area contributed by atoms with Crippen LogP contribution in [-0.2, 0) is 25.8 Å². The van der Waals surface area contributed by atoms with Gasteiger partial charge >= 0.3 is 0 Å². The standard InChI is InChI=1S/C19H25N5/c1-2-21-18-16-7-10-20-11-8-17(16)22-19(23-18)24-12-9-14-5-3-4-6-15(14)13-24/h3-6,20H,2,7-13H2,1H3,(H,21,22,23). The molecule has 1 aromatic heterocycles. The number of fused-ring (bicyclic) bond motifs is 2. The highest BCUT2D eigenvalue weighted by molar-refractivity contribution is 5.53. The van der Waals surface area contributed by atoms with Crippen LogP contribution in [0.4, 0.5) is 11.8 Å². The van der Waals surface area contributed by atoms with Crippen LogP contribution in [0.1, 0.15) is 29.3 Å². The summed E-state index contributed by atoms with van der Waals surface area (Å²) < 4.78 is 0. The van der Waals surface area contributed by atoms with E-state index in [0.29, 0.717) is 0 Å². The van der Waals surface area contributed by atoms with Crippen molar-refractivity contribution < 1.29 is 0 Å². The van der Waals surface area contributed by atoms with Crippen LogP contribution in [0.25, 0.3) is 0 Å². The summed E-state index contributed by atoms with van der Waals surface area (Å²) in [5.74, 6) is 1.90. The smallest absolute Gasteiger partial charge is 0.227 e. The molecule has 3 heterocycles. The topological polar surface area (TPSA) is 53.1 Å². The number of anilines is 2. The molecule has 2 aromatic rings. The molecule has 2 aliphatic heterocycles. The molecule has 0 amide bonds. The number of hydrogen-bond acceptors (Lipinski definition) is 5. The van der Waals surface area contributed by atoms with E-state index in [2.05, 4.69) is 46.7 Å². The van der Waals surface area contributed by atoms with Crippen molar-refractivity contribution in [2.24, 2.45) is 0 Å². The highest BCUT2D eigenvalue weighted by Crippen LogP contribution is 2.26. The Morgan fingerprint density at radius 2 is 1.92 bits per heavy atom. The summed E-state index contributed by atoms with van der Waals surface area (Å²) >= 11 is 0. The Kier molecular flexibility index (Phi) is 4.34. The van der Waals surface area contributed by atoms with Crippen molar-refractivity contribution in [2.45, 2.75) is 32.7 Å². The molecule has 2 N–H and O–H groups in total. The minimum Gasteiger partial charge on any atom is -0.370 e. The van der Waals surface area contributed by atoms with Crippen LogP contribution in [0.5, 0.6) is 0 Å². The first-order chi connectivity index (χ1) is 11.8. The van der Waals surface area contributed by atoms with E-state index in [4.69, 9.17) is 9.97 Å². The molecule has 126 valence electrons. The summed E-state index contributed by atoms with van der Waals surface area (Å²) in [5, 5.41) is 6.92. The van der Waals surface area contributed by atoms with E-state index in [1.54, 1.807) is 0 Å². The quantitative estimate of drug-likeness (QED) is 0.906. The minimum atomic E-state index is 0.876. The lowest BCUT2D eigenvalue weighted by atomic mass is 10.0. The van der Waals surface area contributed by atoms with Gasteiger partial charge in [-0.25, -0.2) is 4.98 Å². The number of benzene rings is 1. The average molecular weight is 323 g/mol. The minimum absolute atomic E-state index is 0.876. The van der Waals surface area contributed by atoms with E-state index in [1.165, 1.54) is 22.4 Å². The summed E-state index contributed by atoms with van der Waals surface area (Å²) in [6, 6.07) is 8.71. The first-order valence-electron chi connectivity index (χ1n) is 9.01. The van der Waals surface area contributed by atoms with E-state index in [1.807, 2.05) is 0 Å². The van der Waals surface area contributed by atoms with Crippen LogP contribution < -0.4 is 15.5 Å². The predicted octanol–water partition coefficient (Wildman–Crippen LogP) is 2.16. The first kappa shape index (κ1) is 15.4. The maximum Gasteiger partial charge on any atom is 0.227 e. The zero-order valence-corrected chi connectivity index (χ0v) is 14.3. The van der Waals surface area contributed by atoms with Gasteiger partial charge in [-0.15, -0.1) is 0 Å². The molecule has 0 saturated carbocycles. The van der Waals surface area contributed by atoms with Gasteiger partial charge in [0, 0.05) is 38.2 Å². The lowest BCUT2D eigenvalue weighted by Crippen LogP contribution is -2.32. The molecule has 2 aliphatic rings. The number of nitrogens with one attached hydrogen (secondary N) is 2. The molecule has 5 heteroatoms. The van der Waals surface area contributed by atoms with Gasteiger partial charge in [-0.3, -0.25) is 0 Å². The second kappa shape index (κ2) is 6.77. The highest BCUT2D eigenvalue weighted by atomic mass is 15.3. The van der Waals surface area contributed by atoms with Crippen LogP contribution in [-0.4, -0.2) is 36.1 Å². The van der Waals surface area contributed by atoms with Gasteiger partial charge < -0.3 is 15.5 Å². The molecule has 4 rings (SSSR count). The third kappa shape index (κ3) is 2.96.